The van der Waals surface area contributed by atoms with Gasteiger partial charge in [-0.1, -0.05) is 41.9 Å². The van der Waals surface area contributed by atoms with Gasteiger partial charge in [-0.25, -0.2) is 0 Å². The van der Waals surface area contributed by atoms with Crippen molar-refractivity contribution in [3.05, 3.63) is 69.7 Å². The third-order valence-electron chi connectivity index (χ3n) is 4.33. The van der Waals surface area contributed by atoms with E-state index in [1.165, 1.54) is 11.1 Å². The largest absolute Gasteiger partial charge is 0.353 e. The third-order valence-corrected chi connectivity index (χ3v) is 4.57. The van der Waals surface area contributed by atoms with E-state index in [-0.39, 0.29) is 11.9 Å². The minimum absolute atomic E-state index is 0.104. The summed E-state index contributed by atoms with van der Waals surface area (Å²) in [5, 5.41) is 3.90. The maximum Gasteiger partial charge on any atom is 0.220 e. The zero-order valence-electron chi connectivity index (χ0n) is 13.0. The Bertz CT molecular complexity index is 714. The summed E-state index contributed by atoms with van der Waals surface area (Å²) in [4.78, 5) is 12.2. The Hall–Kier alpha value is -1.84. The number of aryl methyl sites for hydroxylation is 1. The molecule has 23 heavy (non-hydrogen) atoms. The quantitative estimate of drug-likeness (QED) is 0.886. The first-order valence-electron chi connectivity index (χ1n) is 7.98. The molecule has 0 saturated heterocycles. The maximum atomic E-state index is 12.2. The van der Waals surface area contributed by atoms with E-state index in [1.807, 2.05) is 30.3 Å². The molecule has 0 spiro atoms. The second-order valence-corrected chi connectivity index (χ2v) is 6.55. The van der Waals surface area contributed by atoms with Gasteiger partial charge in [0.1, 0.15) is 0 Å². The van der Waals surface area contributed by atoms with Gasteiger partial charge in [0.05, 0.1) is 0 Å². The molecule has 2 aromatic carbocycles. The number of hydrogen-bond acceptors (Lipinski definition) is 2. The van der Waals surface area contributed by atoms with Crippen molar-refractivity contribution >= 4 is 17.5 Å². The van der Waals surface area contributed by atoms with Gasteiger partial charge >= 0.3 is 0 Å². The van der Waals surface area contributed by atoms with Gasteiger partial charge in [0, 0.05) is 24.0 Å². The molecule has 1 unspecified atom stereocenters. The summed E-state index contributed by atoms with van der Waals surface area (Å²) < 4.78 is 0. The Kier molecular flexibility index (Phi) is 4.99. The van der Waals surface area contributed by atoms with Gasteiger partial charge in [0.25, 0.3) is 0 Å². The zero-order valence-corrected chi connectivity index (χ0v) is 13.8. The number of benzene rings is 2. The average Bonchev–Trinajstić information content (AvgIpc) is 2.94. The smallest absolute Gasteiger partial charge is 0.220 e. The summed E-state index contributed by atoms with van der Waals surface area (Å²) in [6.45, 7) is 0.531. The van der Waals surface area contributed by atoms with Crippen molar-refractivity contribution in [3.8, 4) is 0 Å². The van der Waals surface area contributed by atoms with Gasteiger partial charge in [0.15, 0.2) is 0 Å². The maximum absolute atomic E-state index is 12.2. The molecule has 4 heteroatoms. The fourth-order valence-corrected chi connectivity index (χ4v) is 3.35. The molecule has 120 valence electrons. The number of carbonyl (C=O) groups is 1. The molecule has 0 saturated carbocycles. The van der Waals surface area contributed by atoms with Crippen LogP contribution in [-0.4, -0.2) is 11.9 Å². The molecule has 1 aliphatic carbocycles. The average molecular weight is 329 g/mol. The Morgan fingerprint density at radius 3 is 2.74 bits per heavy atom. The van der Waals surface area contributed by atoms with E-state index in [0.717, 1.165) is 35.4 Å². The molecule has 3 N–H and O–H groups in total. The van der Waals surface area contributed by atoms with Gasteiger partial charge in [-0.2, -0.15) is 0 Å². The van der Waals surface area contributed by atoms with E-state index in [0.29, 0.717) is 13.0 Å². The van der Waals surface area contributed by atoms with Crippen LogP contribution in [0.5, 0.6) is 0 Å². The highest BCUT2D eigenvalue weighted by Crippen LogP contribution is 2.25. The lowest BCUT2D eigenvalue weighted by atomic mass is 10.1. The van der Waals surface area contributed by atoms with Gasteiger partial charge < -0.3 is 11.1 Å². The van der Waals surface area contributed by atoms with Crippen LogP contribution in [0.1, 0.15) is 28.7 Å². The van der Waals surface area contributed by atoms with E-state index in [4.69, 9.17) is 17.3 Å². The molecule has 3 rings (SSSR count). The number of fused-ring (bicyclic) bond motifs is 1. The Morgan fingerprint density at radius 2 is 1.91 bits per heavy atom. The molecule has 0 aromatic heterocycles. The van der Waals surface area contributed by atoms with E-state index in [2.05, 4.69) is 17.4 Å². The minimum atomic E-state index is 0.104. The number of nitrogens with one attached hydrogen (secondary N) is 1. The summed E-state index contributed by atoms with van der Waals surface area (Å²) in [5.74, 6) is 0.104. The molecular weight excluding hydrogens is 308 g/mol. The molecule has 0 aliphatic heterocycles. The predicted molar refractivity (Wildman–Crippen MR) is 93.4 cm³/mol. The summed E-state index contributed by atoms with van der Waals surface area (Å²) in [7, 11) is 0. The molecular formula is C19H21ClN2O. The lowest BCUT2D eigenvalue weighted by Gasteiger charge is -2.12. The van der Waals surface area contributed by atoms with Crippen molar-refractivity contribution in [1.82, 2.24) is 5.32 Å². The summed E-state index contributed by atoms with van der Waals surface area (Å²) in [6, 6.07) is 14.3. The van der Waals surface area contributed by atoms with Crippen molar-refractivity contribution < 1.29 is 4.79 Å². The van der Waals surface area contributed by atoms with Crippen LogP contribution in [-0.2, 0) is 30.6 Å². The van der Waals surface area contributed by atoms with E-state index in [9.17, 15) is 4.79 Å². The Labute approximate surface area is 141 Å². The van der Waals surface area contributed by atoms with Gasteiger partial charge in [0.2, 0.25) is 5.91 Å². The van der Waals surface area contributed by atoms with E-state index >= 15 is 0 Å². The Balaban J connectivity index is 1.50. The fraction of sp³-hybridized carbons (Fsp3) is 0.316. The minimum Gasteiger partial charge on any atom is -0.353 e. The molecule has 1 aliphatic rings. The number of nitrogens with two attached hydrogens (primary N) is 1. The molecule has 1 amide bonds. The normalized spacial score (nSPS) is 16.2. The third kappa shape index (κ3) is 4.12. The molecule has 3 nitrogen and oxygen atoms in total. The van der Waals surface area contributed by atoms with Crippen molar-refractivity contribution in [2.24, 2.45) is 5.73 Å². The van der Waals surface area contributed by atoms with Crippen LogP contribution in [0.25, 0.3) is 0 Å². The summed E-state index contributed by atoms with van der Waals surface area (Å²) in [6.07, 6.45) is 3.00. The van der Waals surface area contributed by atoms with Crippen LogP contribution in [0, 0.1) is 0 Å². The van der Waals surface area contributed by atoms with E-state index in [1.54, 1.807) is 0 Å². The first-order chi connectivity index (χ1) is 11.1. The fourth-order valence-electron chi connectivity index (χ4n) is 3.16. The lowest BCUT2D eigenvalue weighted by molar-refractivity contribution is -0.121. The molecule has 0 fully saturated rings. The highest BCUT2D eigenvalue weighted by molar-refractivity contribution is 6.30. The number of hydrogen-bond donors (Lipinski definition) is 2. The zero-order chi connectivity index (χ0) is 16.2. The van der Waals surface area contributed by atoms with Crippen LogP contribution in [0.15, 0.2) is 42.5 Å². The molecule has 0 bridgehead atoms. The van der Waals surface area contributed by atoms with Crippen molar-refractivity contribution in [2.45, 2.75) is 38.3 Å². The number of halogens is 1. The SMILES string of the molecule is NCc1cccc(CCC(=O)NC2Cc3ccc(Cl)cc3C2)c1. The molecule has 0 heterocycles. The molecule has 0 radical (unpaired) electrons. The van der Waals surface area contributed by atoms with Gasteiger partial charge in [-0.3, -0.25) is 4.79 Å². The standard InChI is InChI=1S/C19H21ClN2O/c20-17-6-5-15-10-18(11-16(15)9-17)22-19(23)7-4-13-2-1-3-14(8-13)12-21/h1-3,5-6,8-9,18H,4,7,10-12,21H2,(H,22,23). The molecule has 1 atom stereocenters. The Morgan fingerprint density at radius 1 is 1.13 bits per heavy atom. The van der Waals surface area contributed by atoms with Crippen LogP contribution in [0.4, 0.5) is 0 Å². The second kappa shape index (κ2) is 7.16. The van der Waals surface area contributed by atoms with Crippen LogP contribution in [0.2, 0.25) is 5.02 Å². The first-order valence-corrected chi connectivity index (χ1v) is 8.36. The van der Waals surface area contributed by atoms with Gasteiger partial charge in [-0.15, -0.1) is 0 Å². The lowest BCUT2D eigenvalue weighted by Crippen LogP contribution is -2.35. The number of rotatable bonds is 5. The van der Waals surface area contributed by atoms with Crippen molar-refractivity contribution in [2.75, 3.05) is 0 Å². The van der Waals surface area contributed by atoms with Crippen LogP contribution >= 0.6 is 11.6 Å². The van der Waals surface area contributed by atoms with E-state index < -0.39 is 0 Å². The summed E-state index contributed by atoms with van der Waals surface area (Å²) >= 11 is 6.02. The van der Waals surface area contributed by atoms with Crippen LogP contribution < -0.4 is 11.1 Å². The number of amides is 1. The topological polar surface area (TPSA) is 55.1 Å². The van der Waals surface area contributed by atoms with Crippen molar-refractivity contribution in [3.63, 3.8) is 0 Å². The first kappa shape index (κ1) is 16.0. The van der Waals surface area contributed by atoms with Gasteiger partial charge in [-0.05, 0) is 53.6 Å². The highest BCUT2D eigenvalue weighted by Gasteiger charge is 2.22. The van der Waals surface area contributed by atoms with Crippen LogP contribution in [0.3, 0.4) is 0 Å². The second-order valence-electron chi connectivity index (χ2n) is 6.11. The van der Waals surface area contributed by atoms with Crippen molar-refractivity contribution in [1.29, 1.82) is 0 Å². The molecule has 2 aromatic rings. The summed E-state index contributed by atoms with van der Waals surface area (Å²) in [5.41, 5.74) is 10.4. The highest BCUT2D eigenvalue weighted by atomic mass is 35.5. The predicted octanol–water partition coefficient (Wildman–Crippen LogP) is 3.01. The number of carbonyl (C=O) groups excluding carboxylic acids is 1. The monoisotopic (exact) mass is 328 g/mol.